The zero-order valence-corrected chi connectivity index (χ0v) is 14.0. The van der Waals surface area contributed by atoms with E-state index in [2.05, 4.69) is 0 Å². The van der Waals surface area contributed by atoms with Gasteiger partial charge in [0.2, 0.25) is 0 Å². The number of nitro benzene ring substituents is 1. The van der Waals surface area contributed by atoms with Crippen LogP contribution in [0.4, 0.5) is 10.1 Å². The van der Waals surface area contributed by atoms with E-state index in [1.807, 2.05) is 0 Å². The molecule has 0 aromatic heterocycles. The van der Waals surface area contributed by atoms with Crippen molar-refractivity contribution in [3.8, 4) is 0 Å². The van der Waals surface area contributed by atoms with E-state index in [4.69, 9.17) is 0 Å². The Labute approximate surface area is 148 Å². The molecule has 1 N–H and O–H groups in total. The van der Waals surface area contributed by atoms with Crippen molar-refractivity contribution in [1.82, 2.24) is 4.72 Å². The van der Waals surface area contributed by atoms with Crippen LogP contribution >= 0.6 is 0 Å². The second-order valence-corrected chi connectivity index (χ2v) is 6.58. The Hall–Kier alpha value is -3.33. The Morgan fingerprint density at radius 2 is 1.81 bits per heavy atom. The number of carbonyl (C=O) groups excluding carboxylic acids is 1. The second-order valence-electron chi connectivity index (χ2n) is 5.02. The summed E-state index contributed by atoms with van der Waals surface area (Å²) in [6.07, 6.45) is 3.15. The van der Waals surface area contributed by atoms with Crippen LogP contribution in [0.15, 0.2) is 60.0 Å². The summed E-state index contributed by atoms with van der Waals surface area (Å²) in [5.74, 6) is -1.80. The highest BCUT2D eigenvalue weighted by Gasteiger charge is 2.14. The lowest BCUT2D eigenvalue weighted by atomic mass is 10.1. The molecule has 0 spiro atoms. The summed E-state index contributed by atoms with van der Waals surface area (Å²) in [5.41, 5.74) is 0.0486. The standard InChI is InChI=1S/C17H13FN2O5S/c18-15-8-6-14(16(12-15)20(22)23)7-9-17(21)19-26(24,25)11-10-13-4-2-1-3-5-13/h1-12H,(H,19,21). The SMILES string of the molecule is O=C(C=Cc1ccc(F)cc1[N+](=O)[O-])NS(=O)(=O)C=Cc1ccccc1. The van der Waals surface area contributed by atoms with Crippen molar-refractivity contribution in [2.45, 2.75) is 0 Å². The molecule has 2 aromatic rings. The average molecular weight is 376 g/mol. The molecule has 0 saturated carbocycles. The van der Waals surface area contributed by atoms with E-state index < -0.39 is 32.4 Å². The lowest BCUT2D eigenvalue weighted by Gasteiger charge is -2.00. The van der Waals surface area contributed by atoms with Gasteiger partial charge in [-0.3, -0.25) is 14.9 Å². The average Bonchev–Trinajstić information content (AvgIpc) is 2.59. The van der Waals surface area contributed by atoms with Crippen LogP contribution in [0.25, 0.3) is 12.2 Å². The van der Waals surface area contributed by atoms with Crippen molar-refractivity contribution >= 4 is 33.8 Å². The van der Waals surface area contributed by atoms with Gasteiger partial charge in [0.25, 0.3) is 21.6 Å². The molecule has 0 aliphatic carbocycles. The van der Waals surface area contributed by atoms with Crippen LogP contribution in [0.1, 0.15) is 11.1 Å². The molecule has 0 bridgehead atoms. The Morgan fingerprint density at radius 1 is 1.12 bits per heavy atom. The molecule has 26 heavy (non-hydrogen) atoms. The third-order valence-corrected chi connectivity index (χ3v) is 4.07. The quantitative estimate of drug-likeness (QED) is 0.474. The molecule has 0 unspecified atom stereocenters. The number of sulfonamides is 1. The van der Waals surface area contributed by atoms with Crippen molar-refractivity contribution in [2.24, 2.45) is 0 Å². The van der Waals surface area contributed by atoms with Crippen molar-refractivity contribution in [3.05, 3.63) is 87.1 Å². The highest BCUT2D eigenvalue weighted by atomic mass is 32.2. The van der Waals surface area contributed by atoms with Crippen LogP contribution < -0.4 is 4.72 Å². The first-order chi connectivity index (χ1) is 12.3. The fourth-order valence-electron chi connectivity index (χ4n) is 1.92. The third kappa shape index (κ3) is 5.64. The molecule has 2 rings (SSSR count). The number of benzene rings is 2. The maximum atomic E-state index is 13.1. The minimum Gasteiger partial charge on any atom is -0.269 e. The predicted octanol–water partition coefficient (Wildman–Crippen LogP) is 2.86. The summed E-state index contributed by atoms with van der Waals surface area (Å²) in [6, 6.07) is 11.4. The number of nitrogens with one attached hydrogen (secondary N) is 1. The lowest BCUT2D eigenvalue weighted by Crippen LogP contribution is -2.26. The second kappa shape index (κ2) is 8.17. The number of nitrogens with zero attached hydrogens (tertiary/aromatic N) is 1. The molecule has 1 amide bonds. The van der Waals surface area contributed by atoms with Crippen molar-refractivity contribution in [3.63, 3.8) is 0 Å². The molecule has 0 saturated heterocycles. The van der Waals surface area contributed by atoms with Gasteiger partial charge in [0.15, 0.2) is 0 Å². The number of rotatable bonds is 6. The van der Waals surface area contributed by atoms with Crippen LogP contribution in [0.3, 0.4) is 0 Å². The molecule has 0 atom stereocenters. The Bertz CT molecular complexity index is 985. The lowest BCUT2D eigenvalue weighted by molar-refractivity contribution is -0.385. The van der Waals surface area contributed by atoms with E-state index in [1.165, 1.54) is 6.08 Å². The molecule has 0 fully saturated rings. The molecular weight excluding hydrogens is 363 g/mol. The van der Waals surface area contributed by atoms with Crippen LogP contribution in [-0.4, -0.2) is 19.2 Å². The molecule has 9 heteroatoms. The van der Waals surface area contributed by atoms with Gasteiger partial charge in [-0.1, -0.05) is 30.3 Å². The van der Waals surface area contributed by atoms with Crippen LogP contribution in [0.5, 0.6) is 0 Å². The van der Waals surface area contributed by atoms with Crippen molar-refractivity contribution in [1.29, 1.82) is 0 Å². The maximum Gasteiger partial charge on any atom is 0.279 e. The molecule has 0 radical (unpaired) electrons. The smallest absolute Gasteiger partial charge is 0.269 e. The Morgan fingerprint density at radius 3 is 2.46 bits per heavy atom. The van der Waals surface area contributed by atoms with E-state index in [9.17, 15) is 27.7 Å². The van der Waals surface area contributed by atoms with E-state index in [0.717, 1.165) is 29.7 Å². The summed E-state index contributed by atoms with van der Waals surface area (Å²) in [6.45, 7) is 0. The Kier molecular flexibility index (Phi) is 5.97. The summed E-state index contributed by atoms with van der Waals surface area (Å²) >= 11 is 0. The fraction of sp³-hybridized carbons (Fsp3) is 0. The molecular formula is C17H13FN2O5S. The van der Waals surface area contributed by atoms with E-state index in [0.29, 0.717) is 11.6 Å². The van der Waals surface area contributed by atoms with Crippen LogP contribution in [-0.2, 0) is 14.8 Å². The number of hydrogen-bond acceptors (Lipinski definition) is 5. The first-order valence-electron chi connectivity index (χ1n) is 7.19. The summed E-state index contributed by atoms with van der Waals surface area (Å²) < 4.78 is 38.5. The Balaban J connectivity index is 2.09. The van der Waals surface area contributed by atoms with Gasteiger partial charge in [0, 0.05) is 6.08 Å². The molecule has 0 aliphatic heterocycles. The van der Waals surface area contributed by atoms with E-state index >= 15 is 0 Å². The predicted molar refractivity (Wildman–Crippen MR) is 94.6 cm³/mol. The van der Waals surface area contributed by atoms with Crippen LogP contribution in [0.2, 0.25) is 0 Å². The van der Waals surface area contributed by atoms with Crippen molar-refractivity contribution in [2.75, 3.05) is 0 Å². The number of amides is 1. The van der Waals surface area contributed by atoms with Crippen molar-refractivity contribution < 1.29 is 22.5 Å². The zero-order chi connectivity index (χ0) is 19.2. The number of nitro groups is 1. The van der Waals surface area contributed by atoms with Gasteiger partial charge < -0.3 is 0 Å². The number of hydrogen-bond donors (Lipinski definition) is 1. The maximum absolute atomic E-state index is 13.1. The van der Waals surface area contributed by atoms with Gasteiger partial charge in [-0.15, -0.1) is 0 Å². The van der Waals surface area contributed by atoms with Gasteiger partial charge >= 0.3 is 0 Å². The van der Waals surface area contributed by atoms with E-state index in [1.54, 1.807) is 35.1 Å². The van der Waals surface area contributed by atoms with Gasteiger partial charge in [-0.05, 0) is 29.8 Å². The highest BCUT2D eigenvalue weighted by molar-refractivity contribution is 7.93. The molecule has 134 valence electrons. The molecule has 2 aromatic carbocycles. The van der Waals surface area contributed by atoms with Gasteiger partial charge in [-0.2, -0.15) is 0 Å². The molecule has 0 heterocycles. The number of halogens is 1. The largest absolute Gasteiger partial charge is 0.279 e. The van der Waals surface area contributed by atoms with Crippen LogP contribution in [0, 0.1) is 15.9 Å². The first-order valence-corrected chi connectivity index (χ1v) is 8.73. The fourth-order valence-corrected chi connectivity index (χ4v) is 2.67. The van der Waals surface area contributed by atoms with Gasteiger partial charge in [0.1, 0.15) is 5.82 Å². The van der Waals surface area contributed by atoms with Gasteiger partial charge in [0.05, 0.1) is 22.0 Å². The van der Waals surface area contributed by atoms with Gasteiger partial charge in [-0.25, -0.2) is 17.5 Å². The monoisotopic (exact) mass is 376 g/mol. The minimum absolute atomic E-state index is 0.0382. The normalized spacial score (nSPS) is 11.7. The minimum atomic E-state index is -4.04. The molecule has 7 nitrogen and oxygen atoms in total. The molecule has 0 aliphatic rings. The summed E-state index contributed by atoms with van der Waals surface area (Å²) in [4.78, 5) is 21.8. The topological polar surface area (TPSA) is 106 Å². The highest BCUT2D eigenvalue weighted by Crippen LogP contribution is 2.21. The van der Waals surface area contributed by atoms with E-state index in [-0.39, 0.29) is 5.56 Å². The first kappa shape index (κ1) is 19.0. The third-order valence-electron chi connectivity index (χ3n) is 3.09. The number of carbonyl (C=O) groups is 1. The summed E-state index contributed by atoms with van der Waals surface area (Å²) in [5, 5.41) is 11.7. The zero-order valence-electron chi connectivity index (χ0n) is 13.2. The summed E-state index contributed by atoms with van der Waals surface area (Å²) in [7, 11) is -4.04.